The van der Waals surface area contributed by atoms with Crippen molar-refractivity contribution >= 4 is 21.7 Å². The summed E-state index contributed by atoms with van der Waals surface area (Å²) in [6.07, 6.45) is 0. The van der Waals surface area contributed by atoms with Gasteiger partial charge in [-0.15, -0.1) is 0 Å². The van der Waals surface area contributed by atoms with E-state index < -0.39 is 5.41 Å². The molecule has 2 aliphatic carbocycles. The van der Waals surface area contributed by atoms with E-state index in [1.807, 2.05) is 24.3 Å². The molecule has 292 valence electrons. The smallest absolute Gasteiger partial charge is 0.160 e. The highest BCUT2D eigenvalue weighted by molar-refractivity contribution is 6.20. The van der Waals surface area contributed by atoms with Crippen molar-refractivity contribution in [2.24, 2.45) is 0 Å². The molecule has 0 amide bonds. The molecule has 0 saturated heterocycles. The summed E-state index contributed by atoms with van der Waals surface area (Å²) < 4.78 is 0. The van der Waals surface area contributed by atoms with E-state index in [1.54, 1.807) is 0 Å². The highest BCUT2D eigenvalue weighted by Gasteiger charge is 2.52. The molecule has 0 saturated carbocycles. The summed E-state index contributed by atoms with van der Waals surface area (Å²) in [5.41, 5.74) is 20.1. The topological polar surface area (TPSA) is 38.7 Å². The van der Waals surface area contributed by atoms with Gasteiger partial charge in [0.1, 0.15) is 0 Å². The number of benzene rings is 9. The van der Waals surface area contributed by atoms with Crippen LogP contribution in [0.5, 0.6) is 0 Å². The van der Waals surface area contributed by atoms with Crippen molar-refractivity contribution in [3.63, 3.8) is 0 Å². The Morgan fingerprint density at radius 3 is 1.54 bits per heavy atom. The van der Waals surface area contributed by atoms with E-state index in [4.69, 9.17) is 15.0 Å². The summed E-state index contributed by atoms with van der Waals surface area (Å²) in [5.74, 6) is 0.688. The van der Waals surface area contributed by atoms with E-state index in [1.165, 1.54) is 61.0 Å². The van der Waals surface area contributed by atoms with E-state index in [9.17, 15) is 0 Å². The summed E-state index contributed by atoms with van der Waals surface area (Å²) >= 11 is 0. The van der Waals surface area contributed by atoms with E-state index in [0.717, 1.165) is 55.6 Å². The third-order valence-electron chi connectivity index (χ3n) is 13.3. The number of fused-ring (bicyclic) bond motifs is 14. The van der Waals surface area contributed by atoms with Gasteiger partial charge in [-0.3, -0.25) is 0 Å². The first-order valence-electron chi connectivity index (χ1n) is 21.6. The molecule has 0 fully saturated rings. The molecule has 11 aromatic rings. The van der Waals surface area contributed by atoms with E-state index >= 15 is 0 Å². The fourth-order valence-corrected chi connectivity index (χ4v) is 10.6. The average molecular weight is 800 g/mol. The van der Waals surface area contributed by atoms with E-state index in [0.29, 0.717) is 5.82 Å². The van der Waals surface area contributed by atoms with Gasteiger partial charge in [-0.25, -0.2) is 15.0 Å². The van der Waals surface area contributed by atoms with Gasteiger partial charge < -0.3 is 0 Å². The third kappa shape index (κ3) is 5.30. The molecule has 0 atom stereocenters. The third-order valence-corrected chi connectivity index (χ3v) is 13.3. The summed E-state index contributed by atoms with van der Waals surface area (Å²) in [6, 6.07) is 80.7. The molecule has 63 heavy (non-hydrogen) atoms. The minimum atomic E-state index is -0.430. The molecule has 0 N–H and O–H groups in total. The summed E-state index contributed by atoms with van der Waals surface area (Å²) in [6.45, 7) is 0. The molecule has 2 aromatic heterocycles. The van der Waals surface area contributed by atoms with Gasteiger partial charge in [0.05, 0.1) is 28.0 Å². The highest BCUT2D eigenvalue weighted by atomic mass is 14.9. The second kappa shape index (κ2) is 13.9. The van der Waals surface area contributed by atoms with Crippen LogP contribution in [0.25, 0.3) is 100 Å². The first kappa shape index (κ1) is 35.5. The Kier molecular flexibility index (Phi) is 7.82. The molecule has 3 nitrogen and oxygen atoms in total. The van der Waals surface area contributed by atoms with E-state index in [-0.39, 0.29) is 0 Å². The molecule has 1 spiro atoms. The first-order valence-corrected chi connectivity index (χ1v) is 21.6. The number of hydrogen-bond acceptors (Lipinski definition) is 3. The molecular formula is C60H37N3. The Morgan fingerprint density at radius 2 is 0.825 bits per heavy atom. The van der Waals surface area contributed by atoms with Gasteiger partial charge in [-0.2, -0.15) is 0 Å². The Bertz CT molecular complexity index is 3570. The Hall–Kier alpha value is -8.27. The fraction of sp³-hybridized carbons (Fsp3) is 0.0167. The van der Waals surface area contributed by atoms with Crippen molar-refractivity contribution in [3.05, 3.63) is 247 Å². The molecule has 0 bridgehead atoms. The van der Waals surface area contributed by atoms with Crippen molar-refractivity contribution in [1.29, 1.82) is 0 Å². The number of para-hydroxylation sites is 1. The molecule has 2 heterocycles. The van der Waals surface area contributed by atoms with Crippen molar-refractivity contribution in [2.75, 3.05) is 0 Å². The summed E-state index contributed by atoms with van der Waals surface area (Å²) in [7, 11) is 0. The minimum absolute atomic E-state index is 0.430. The van der Waals surface area contributed by atoms with Gasteiger partial charge in [0, 0.05) is 38.4 Å². The lowest BCUT2D eigenvalue weighted by Crippen LogP contribution is -2.25. The number of rotatable bonds is 5. The number of aromatic nitrogens is 3. The lowest BCUT2D eigenvalue weighted by Gasteiger charge is -2.30. The molecule has 0 radical (unpaired) electrons. The Morgan fingerprint density at radius 1 is 0.302 bits per heavy atom. The molecule has 0 unspecified atom stereocenters. The summed E-state index contributed by atoms with van der Waals surface area (Å²) in [4.78, 5) is 15.9. The van der Waals surface area contributed by atoms with Gasteiger partial charge >= 0.3 is 0 Å². The monoisotopic (exact) mass is 799 g/mol. The van der Waals surface area contributed by atoms with Crippen LogP contribution in [0.1, 0.15) is 22.3 Å². The van der Waals surface area contributed by atoms with Crippen LogP contribution in [-0.2, 0) is 5.41 Å². The predicted octanol–water partition coefficient (Wildman–Crippen LogP) is 14.9. The van der Waals surface area contributed by atoms with Crippen LogP contribution >= 0.6 is 0 Å². The van der Waals surface area contributed by atoms with Crippen LogP contribution in [0.15, 0.2) is 224 Å². The zero-order valence-corrected chi connectivity index (χ0v) is 34.2. The molecule has 3 heteroatoms. The van der Waals surface area contributed by atoms with Crippen molar-refractivity contribution in [3.8, 4) is 78.5 Å². The maximum Gasteiger partial charge on any atom is 0.160 e. The fourth-order valence-electron chi connectivity index (χ4n) is 10.6. The maximum atomic E-state index is 5.48. The van der Waals surface area contributed by atoms with Gasteiger partial charge in [0.2, 0.25) is 0 Å². The second-order valence-electron chi connectivity index (χ2n) is 16.6. The standard InChI is InChI=1S/C60H37N3/c1-3-16-38(17-4-1)39-30-32-40(33-31-39)54-37-55(63-59(62-54)41-18-5-2-6-19-41)42-20-15-21-43(36-42)58-48-34-35-52-57(56(48)47-25-10-14-29-53(47)61-58)46-24-9-13-28-51(46)60(52)49-26-11-7-22-44(49)45-23-8-12-27-50(45)60/h1-37H. The second-order valence-corrected chi connectivity index (χ2v) is 16.6. The number of nitrogens with zero attached hydrogens (tertiary/aromatic N) is 3. The van der Waals surface area contributed by atoms with Gasteiger partial charge in [0.25, 0.3) is 0 Å². The van der Waals surface area contributed by atoms with Gasteiger partial charge in [0.15, 0.2) is 5.82 Å². The minimum Gasteiger partial charge on any atom is -0.247 e. The number of hydrogen-bond donors (Lipinski definition) is 0. The van der Waals surface area contributed by atoms with Crippen LogP contribution in [-0.4, -0.2) is 15.0 Å². The van der Waals surface area contributed by atoms with Crippen molar-refractivity contribution in [2.45, 2.75) is 5.41 Å². The van der Waals surface area contributed by atoms with Crippen LogP contribution < -0.4 is 0 Å². The average Bonchev–Trinajstić information content (AvgIpc) is 3.84. The maximum absolute atomic E-state index is 5.48. The Balaban J connectivity index is 1.01. The van der Waals surface area contributed by atoms with Crippen LogP contribution in [0.3, 0.4) is 0 Å². The molecule has 0 aliphatic heterocycles. The molecular weight excluding hydrogens is 763 g/mol. The molecule has 2 aliphatic rings. The normalized spacial score (nSPS) is 12.9. The van der Waals surface area contributed by atoms with Crippen LogP contribution in [0, 0.1) is 0 Å². The van der Waals surface area contributed by atoms with Crippen LogP contribution in [0.4, 0.5) is 0 Å². The van der Waals surface area contributed by atoms with Gasteiger partial charge in [-0.1, -0.05) is 206 Å². The van der Waals surface area contributed by atoms with E-state index in [2.05, 4.69) is 200 Å². The van der Waals surface area contributed by atoms with Crippen LogP contribution in [0.2, 0.25) is 0 Å². The molecule has 13 rings (SSSR count). The Labute approximate surface area is 365 Å². The van der Waals surface area contributed by atoms with Gasteiger partial charge in [-0.05, 0) is 73.8 Å². The van der Waals surface area contributed by atoms with Crippen molar-refractivity contribution in [1.82, 2.24) is 15.0 Å². The summed E-state index contributed by atoms with van der Waals surface area (Å²) in [5, 5.41) is 3.52. The van der Waals surface area contributed by atoms with Crippen molar-refractivity contribution < 1.29 is 0 Å². The molecule has 9 aromatic carbocycles. The zero-order chi connectivity index (χ0) is 41.5. The zero-order valence-electron chi connectivity index (χ0n) is 34.2. The SMILES string of the molecule is c1ccc(-c2ccc(-c3cc(-c4cccc(-c5nc6ccccc6c6c7c(ccc56)C5(c6ccccc6-c6ccccc65)c5ccccc5-7)c4)nc(-c4ccccc4)n3)cc2)cc1. The first-order chi connectivity index (χ1) is 31.2. The largest absolute Gasteiger partial charge is 0.247 e. The lowest BCUT2D eigenvalue weighted by atomic mass is 9.70. The quantitative estimate of drug-likeness (QED) is 0.163. The lowest BCUT2D eigenvalue weighted by molar-refractivity contribution is 0.794. The predicted molar refractivity (Wildman–Crippen MR) is 258 cm³/mol. The highest BCUT2D eigenvalue weighted by Crippen LogP contribution is 2.64. The number of pyridine rings is 1.